The zero-order chi connectivity index (χ0) is 22.0. The molecule has 2 aliphatic heterocycles. The molecular weight excluding hydrogens is 437 g/mol. The molecule has 0 aliphatic carbocycles. The number of rotatable bonds is 5. The third kappa shape index (κ3) is 4.76. The Hall–Kier alpha value is -2.41. The molecule has 0 spiro atoms. The molecule has 2 fully saturated rings. The summed E-state index contributed by atoms with van der Waals surface area (Å²) in [4.78, 5) is 41.3. The van der Waals surface area contributed by atoms with Gasteiger partial charge in [-0.25, -0.2) is 4.90 Å². The second kappa shape index (κ2) is 9.39. The summed E-state index contributed by atoms with van der Waals surface area (Å²) >= 11 is 12.0. The van der Waals surface area contributed by atoms with Crippen LogP contribution in [0.25, 0.3) is 0 Å². The molecule has 0 radical (unpaired) electrons. The first kappa shape index (κ1) is 21.8. The number of carbonyl (C=O) groups is 3. The maximum absolute atomic E-state index is 13.0. The number of anilines is 1. The normalized spacial score (nSPS) is 20.3. The minimum atomic E-state index is -0.504. The Morgan fingerprint density at radius 1 is 1.00 bits per heavy atom. The first-order valence-electron chi connectivity index (χ1n) is 10.3. The summed E-state index contributed by atoms with van der Waals surface area (Å²) in [5, 5.41) is 3.66. The van der Waals surface area contributed by atoms with Gasteiger partial charge in [-0.1, -0.05) is 53.5 Å². The number of nitrogens with zero attached hydrogens (tertiary/aromatic N) is 2. The summed E-state index contributed by atoms with van der Waals surface area (Å²) in [7, 11) is 0. The van der Waals surface area contributed by atoms with Gasteiger partial charge in [-0.3, -0.25) is 19.3 Å². The molecule has 0 saturated carbocycles. The van der Waals surface area contributed by atoms with Gasteiger partial charge in [0.2, 0.25) is 11.8 Å². The van der Waals surface area contributed by atoms with E-state index in [2.05, 4.69) is 5.32 Å². The van der Waals surface area contributed by atoms with E-state index in [9.17, 15) is 14.4 Å². The van der Waals surface area contributed by atoms with Gasteiger partial charge in [0.05, 0.1) is 28.2 Å². The summed E-state index contributed by atoms with van der Waals surface area (Å²) in [6, 6.07) is 14.0. The Kier molecular flexibility index (Phi) is 6.60. The molecule has 31 heavy (non-hydrogen) atoms. The lowest BCUT2D eigenvalue weighted by atomic mass is 9.94. The number of piperidine rings is 1. The summed E-state index contributed by atoms with van der Waals surface area (Å²) in [5.74, 6) is -0.556. The molecule has 2 heterocycles. The van der Waals surface area contributed by atoms with E-state index in [1.807, 2.05) is 35.2 Å². The minimum absolute atomic E-state index is 0.0368. The molecule has 2 saturated heterocycles. The van der Waals surface area contributed by atoms with Gasteiger partial charge in [0, 0.05) is 12.5 Å². The number of halogens is 2. The molecule has 2 aromatic rings. The Labute approximate surface area is 191 Å². The maximum atomic E-state index is 13.0. The van der Waals surface area contributed by atoms with E-state index < -0.39 is 6.04 Å². The van der Waals surface area contributed by atoms with E-state index >= 15 is 0 Å². The highest BCUT2D eigenvalue weighted by atomic mass is 35.5. The van der Waals surface area contributed by atoms with Crippen molar-refractivity contribution in [2.75, 3.05) is 18.0 Å². The molecule has 1 N–H and O–H groups in total. The van der Waals surface area contributed by atoms with E-state index in [1.165, 1.54) is 11.0 Å². The SMILES string of the molecule is O=C(NCc1ccccc1)C1CCN(C2CC(=O)N(c3ccc(Cl)c(Cl)c3)C2=O)CC1. The Morgan fingerprint density at radius 2 is 1.71 bits per heavy atom. The molecule has 4 rings (SSSR count). The first-order valence-corrected chi connectivity index (χ1v) is 11.1. The van der Waals surface area contributed by atoms with Crippen molar-refractivity contribution >= 4 is 46.6 Å². The number of imide groups is 1. The monoisotopic (exact) mass is 459 g/mol. The average Bonchev–Trinajstić information content (AvgIpc) is 3.08. The van der Waals surface area contributed by atoms with Crippen LogP contribution in [0.4, 0.5) is 5.69 Å². The van der Waals surface area contributed by atoms with Crippen LogP contribution in [0.3, 0.4) is 0 Å². The Balaban J connectivity index is 1.33. The molecule has 3 amide bonds. The number of amides is 3. The number of likely N-dealkylation sites (tertiary alicyclic amines) is 1. The maximum Gasteiger partial charge on any atom is 0.251 e. The fraction of sp³-hybridized carbons (Fsp3) is 0.348. The van der Waals surface area contributed by atoms with Crippen molar-refractivity contribution in [1.82, 2.24) is 10.2 Å². The quantitative estimate of drug-likeness (QED) is 0.692. The first-order chi connectivity index (χ1) is 14.9. The van der Waals surface area contributed by atoms with Gasteiger partial charge in [0.1, 0.15) is 0 Å². The molecule has 2 aromatic carbocycles. The standard InChI is InChI=1S/C23H23Cl2N3O3/c24-18-7-6-17(12-19(18)25)28-21(29)13-20(23(28)31)27-10-8-16(9-11-27)22(30)26-14-15-4-2-1-3-5-15/h1-7,12,16,20H,8-11,13-14H2,(H,26,30). The number of benzene rings is 2. The molecule has 1 atom stereocenters. The van der Waals surface area contributed by atoms with Crippen molar-refractivity contribution in [2.45, 2.75) is 31.8 Å². The fourth-order valence-corrected chi connectivity index (χ4v) is 4.49. The predicted molar refractivity (Wildman–Crippen MR) is 120 cm³/mol. The molecule has 162 valence electrons. The van der Waals surface area contributed by atoms with Crippen LogP contribution in [0.15, 0.2) is 48.5 Å². The highest BCUT2D eigenvalue weighted by Gasteiger charge is 2.44. The number of hydrogen-bond donors (Lipinski definition) is 1. The van der Waals surface area contributed by atoms with Gasteiger partial charge < -0.3 is 5.32 Å². The summed E-state index contributed by atoms with van der Waals surface area (Å²) < 4.78 is 0. The van der Waals surface area contributed by atoms with Gasteiger partial charge in [-0.15, -0.1) is 0 Å². The molecule has 8 heteroatoms. The third-order valence-corrected chi connectivity index (χ3v) is 6.67. The smallest absolute Gasteiger partial charge is 0.251 e. The van der Waals surface area contributed by atoms with Gasteiger partial charge in [0.15, 0.2) is 0 Å². The Morgan fingerprint density at radius 3 is 2.39 bits per heavy atom. The highest BCUT2D eigenvalue weighted by Crippen LogP contribution is 2.32. The zero-order valence-corrected chi connectivity index (χ0v) is 18.4. The van der Waals surface area contributed by atoms with Crippen LogP contribution >= 0.6 is 23.2 Å². The topological polar surface area (TPSA) is 69.7 Å². The van der Waals surface area contributed by atoms with Crippen LogP contribution in [0.5, 0.6) is 0 Å². The summed E-state index contributed by atoms with van der Waals surface area (Å²) in [6.45, 7) is 1.71. The summed E-state index contributed by atoms with van der Waals surface area (Å²) in [5.41, 5.74) is 1.49. The van der Waals surface area contributed by atoms with Crippen LogP contribution < -0.4 is 10.2 Å². The minimum Gasteiger partial charge on any atom is -0.352 e. The molecule has 0 aromatic heterocycles. The number of nitrogens with one attached hydrogen (secondary N) is 1. The summed E-state index contributed by atoms with van der Waals surface area (Å²) in [6.07, 6.45) is 1.45. The molecule has 1 unspecified atom stereocenters. The molecular formula is C23H23Cl2N3O3. The lowest BCUT2D eigenvalue weighted by Gasteiger charge is -2.34. The van der Waals surface area contributed by atoms with Gasteiger partial charge in [-0.2, -0.15) is 0 Å². The molecule has 0 bridgehead atoms. The van der Waals surface area contributed by atoms with Crippen LogP contribution in [0, 0.1) is 5.92 Å². The van der Waals surface area contributed by atoms with Crippen molar-refractivity contribution < 1.29 is 14.4 Å². The van der Waals surface area contributed by atoms with E-state index in [4.69, 9.17) is 23.2 Å². The zero-order valence-electron chi connectivity index (χ0n) is 16.9. The number of hydrogen-bond acceptors (Lipinski definition) is 4. The lowest BCUT2D eigenvalue weighted by molar-refractivity contribution is -0.127. The largest absolute Gasteiger partial charge is 0.352 e. The van der Waals surface area contributed by atoms with E-state index in [-0.39, 0.29) is 30.1 Å². The fourth-order valence-electron chi connectivity index (χ4n) is 4.20. The van der Waals surface area contributed by atoms with Crippen molar-refractivity contribution in [3.63, 3.8) is 0 Å². The predicted octanol–water partition coefficient (Wildman–Crippen LogP) is 3.65. The highest BCUT2D eigenvalue weighted by molar-refractivity contribution is 6.42. The average molecular weight is 460 g/mol. The van der Waals surface area contributed by atoms with Crippen LogP contribution in [-0.2, 0) is 20.9 Å². The third-order valence-electron chi connectivity index (χ3n) is 5.93. The van der Waals surface area contributed by atoms with E-state index in [0.717, 1.165) is 5.56 Å². The molecule has 2 aliphatic rings. The van der Waals surface area contributed by atoms with Crippen LogP contribution in [-0.4, -0.2) is 41.8 Å². The van der Waals surface area contributed by atoms with Crippen LogP contribution in [0.1, 0.15) is 24.8 Å². The molecule has 6 nitrogen and oxygen atoms in total. The van der Waals surface area contributed by atoms with Crippen LogP contribution in [0.2, 0.25) is 10.0 Å². The van der Waals surface area contributed by atoms with Crippen molar-refractivity contribution in [2.24, 2.45) is 5.92 Å². The van der Waals surface area contributed by atoms with Gasteiger partial charge in [0.25, 0.3) is 5.91 Å². The van der Waals surface area contributed by atoms with E-state index in [1.54, 1.807) is 12.1 Å². The van der Waals surface area contributed by atoms with Gasteiger partial charge in [-0.05, 0) is 49.7 Å². The van der Waals surface area contributed by atoms with E-state index in [0.29, 0.717) is 48.2 Å². The lowest BCUT2D eigenvalue weighted by Crippen LogP contribution is -2.48. The van der Waals surface area contributed by atoms with Crippen molar-refractivity contribution in [1.29, 1.82) is 0 Å². The Bertz CT molecular complexity index is 991. The van der Waals surface area contributed by atoms with Gasteiger partial charge >= 0.3 is 0 Å². The second-order valence-corrected chi connectivity index (χ2v) is 8.71. The second-order valence-electron chi connectivity index (χ2n) is 7.90. The van der Waals surface area contributed by atoms with Crippen molar-refractivity contribution in [3.8, 4) is 0 Å². The van der Waals surface area contributed by atoms with Crippen molar-refractivity contribution in [3.05, 3.63) is 64.1 Å². The number of carbonyl (C=O) groups excluding carboxylic acids is 3.